The summed E-state index contributed by atoms with van der Waals surface area (Å²) in [7, 11) is 0. The molecule has 0 spiro atoms. The Morgan fingerprint density at radius 2 is 1.51 bits per heavy atom. The number of nitrogens with one attached hydrogen (secondary N) is 1. The van der Waals surface area contributed by atoms with Crippen LogP contribution in [0.5, 0.6) is 0 Å². The van der Waals surface area contributed by atoms with Gasteiger partial charge >= 0.3 is 5.69 Å². The van der Waals surface area contributed by atoms with Crippen molar-refractivity contribution in [3.05, 3.63) is 129 Å². The van der Waals surface area contributed by atoms with Gasteiger partial charge < -0.3 is 10.2 Å². The maximum Gasteiger partial charge on any atom is 0.330 e. The van der Waals surface area contributed by atoms with Crippen LogP contribution in [0, 0.1) is 0 Å². The van der Waals surface area contributed by atoms with Gasteiger partial charge in [-0.15, -0.1) is 0 Å². The van der Waals surface area contributed by atoms with Crippen molar-refractivity contribution < 1.29 is 9.21 Å². The molecule has 5 aromatic rings. The van der Waals surface area contributed by atoms with Crippen LogP contribution in [-0.2, 0) is 13.1 Å². The number of carbonyl (C=O) groups excluding carboxylic acids is 1. The molecule has 2 heterocycles. The van der Waals surface area contributed by atoms with Crippen LogP contribution in [0.4, 0.5) is 11.5 Å². The number of hydrogen-bond acceptors (Lipinski definition) is 5. The fraction of sp³-hybridized carbons (Fsp3) is 0.0741. The molecule has 2 aromatic heterocycles. The number of nitrogen functional groups attached to an aromatic ring is 1. The van der Waals surface area contributed by atoms with Crippen molar-refractivity contribution in [1.29, 1.82) is 0 Å². The average molecular weight is 466 g/mol. The number of aromatic amines is 1. The maximum absolute atomic E-state index is 13.7. The van der Waals surface area contributed by atoms with E-state index in [-0.39, 0.29) is 30.4 Å². The van der Waals surface area contributed by atoms with Crippen LogP contribution < -0.4 is 21.9 Å². The smallest absolute Gasteiger partial charge is 0.330 e. The number of amides is 1. The number of hydrogen-bond donors (Lipinski definition) is 2. The largest absolute Gasteiger partial charge is 0.451 e. The summed E-state index contributed by atoms with van der Waals surface area (Å²) in [4.78, 5) is 43.0. The average Bonchev–Trinajstić information content (AvgIpc) is 3.31. The summed E-state index contributed by atoms with van der Waals surface area (Å²) in [5.74, 6) is -0.600. The van der Waals surface area contributed by atoms with E-state index in [2.05, 4.69) is 4.98 Å². The molecule has 0 saturated carbocycles. The quantitative estimate of drug-likeness (QED) is 0.396. The first kappa shape index (κ1) is 22.0. The lowest BCUT2D eigenvalue weighted by Crippen LogP contribution is -2.41. The minimum atomic E-state index is -0.753. The molecular weight excluding hydrogens is 444 g/mol. The molecule has 0 aliphatic heterocycles. The highest BCUT2D eigenvalue weighted by Gasteiger charge is 2.28. The Morgan fingerprint density at radius 3 is 2.20 bits per heavy atom. The molecule has 0 aliphatic rings. The molecule has 3 aromatic carbocycles. The van der Waals surface area contributed by atoms with Gasteiger partial charge in [-0.3, -0.25) is 24.0 Å². The van der Waals surface area contributed by atoms with E-state index in [9.17, 15) is 14.4 Å². The molecule has 0 aliphatic carbocycles. The van der Waals surface area contributed by atoms with Crippen LogP contribution >= 0.6 is 0 Å². The number of anilines is 2. The van der Waals surface area contributed by atoms with Crippen LogP contribution in [0.25, 0.3) is 11.0 Å². The van der Waals surface area contributed by atoms with Crippen molar-refractivity contribution in [3.8, 4) is 0 Å². The van der Waals surface area contributed by atoms with Crippen molar-refractivity contribution in [1.82, 2.24) is 9.55 Å². The van der Waals surface area contributed by atoms with Crippen molar-refractivity contribution in [2.45, 2.75) is 13.1 Å². The maximum atomic E-state index is 13.7. The van der Waals surface area contributed by atoms with Crippen molar-refractivity contribution in [3.63, 3.8) is 0 Å². The molecule has 0 atom stereocenters. The number of fused-ring (bicyclic) bond motifs is 1. The molecule has 0 bridgehead atoms. The number of benzene rings is 3. The van der Waals surface area contributed by atoms with Gasteiger partial charge in [0.1, 0.15) is 11.4 Å². The first-order chi connectivity index (χ1) is 17.0. The molecule has 3 N–H and O–H groups in total. The van der Waals surface area contributed by atoms with E-state index in [4.69, 9.17) is 10.2 Å². The highest BCUT2D eigenvalue weighted by Crippen LogP contribution is 2.26. The Kier molecular flexibility index (Phi) is 5.76. The standard InChI is InChI=1S/C27H22N4O4/c28-24-23(25(32)29-27(34)31(24)17-19-11-5-2-6-12-19)30(16-18-9-3-1-4-10-18)26(33)22-15-20-13-7-8-14-21(20)35-22/h1-15H,16-17,28H2,(H,29,32,34). The summed E-state index contributed by atoms with van der Waals surface area (Å²) in [5.41, 5.74) is 7.01. The lowest BCUT2D eigenvalue weighted by molar-refractivity contribution is 0.0960. The second-order valence-electron chi connectivity index (χ2n) is 8.09. The van der Waals surface area contributed by atoms with Gasteiger partial charge in [0.2, 0.25) is 0 Å². The van der Waals surface area contributed by atoms with E-state index in [1.54, 1.807) is 12.1 Å². The van der Waals surface area contributed by atoms with Gasteiger partial charge in [-0.25, -0.2) is 4.79 Å². The third-order valence-electron chi connectivity index (χ3n) is 5.73. The monoisotopic (exact) mass is 466 g/mol. The van der Waals surface area contributed by atoms with Gasteiger partial charge in [0, 0.05) is 5.39 Å². The summed E-state index contributed by atoms with van der Waals surface area (Å²) in [5, 5.41) is 0.756. The molecule has 0 saturated heterocycles. The molecule has 0 fully saturated rings. The zero-order valence-electron chi connectivity index (χ0n) is 18.7. The zero-order valence-corrected chi connectivity index (χ0v) is 18.7. The highest BCUT2D eigenvalue weighted by molar-refractivity contribution is 6.07. The Hall–Kier alpha value is -4.85. The molecule has 8 heteroatoms. The second kappa shape index (κ2) is 9.18. The Labute approximate surface area is 199 Å². The van der Waals surface area contributed by atoms with Crippen molar-refractivity contribution in [2.75, 3.05) is 10.6 Å². The summed E-state index contributed by atoms with van der Waals surface area (Å²) in [6.45, 7) is 0.181. The predicted molar refractivity (Wildman–Crippen MR) is 134 cm³/mol. The van der Waals surface area contributed by atoms with Crippen LogP contribution in [-0.4, -0.2) is 15.5 Å². The Balaban J connectivity index is 1.64. The number of furan rings is 1. The summed E-state index contributed by atoms with van der Waals surface area (Å²) in [6, 6.07) is 27.3. The van der Waals surface area contributed by atoms with Gasteiger partial charge in [-0.05, 0) is 23.3 Å². The fourth-order valence-corrected chi connectivity index (χ4v) is 4.00. The summed E-state index contributed by atoms with van der Waals surface area (Å²) >= 11 is 0. The van der Waals surface area contributed by atoms with Gasteiger partial charge in [0.25, 0.3) is 11.5 Å². The van der Waals surface area contributed by atoms with E-state index < -0.39 is 17.2 Å². The SMILES string of the molecule is Nc1c(N(Cc2ccccc2)C(=O)c2cc3ccccc3o2)c(=O)[nH]c(=O)n1Cc1ccccc1. The van der Waals surface area contributed by atoms with Crippen LogP contribution in [0.15, 0.2) is 105 Å². The Morgan fingerprint density at radius 1 is 0.886 bits per heavy atom. The van der Waals surface area contributed by atoms with Gasteiger partial charge in [0.15, 0.2) is 11.4 Å². The molecule has 0 radical (unpaired) electrons. The van der Waals surface area contributed by atoms with E-state index in [1.807, 2.05) is 78.9 Å². The third-order valence-corrected chi connectivity index (χ3v) is 5.73. The zero-order chi connectivity index (χ0) is 24.4. The number of para-hydroxylation sites is 1. The van der Waals surface area contributed by atoms with Crippen molar-refractivity contribution >= 4 is 28.4 Å². The molecular formula is C27H22N4O4. The third kappa shape index (κ3) is 4.37. The number of H-pyrrole nitrogens is 1. The van der Waals surface area contributed by atoms with E-state index in [0.29, 0.717) is 5.58 Å². The molecule has 5 rings (SSSR count). The molecule has 174 valence electrons. The molecule has 0 unspecified atom stereocenters. The predicted octanol–water partition coefficient (Wildman–Crippen LogP) is 3.76. The number of carbonyl (C=O) groups is 1. The van der Waals surface area contributed by atoms with Crippen molar-refractivity contribution in [2.24, 2.45) is 0 Å². The van der Waals surface area contributed by atoms with Crippen LogP contribution in [0.2, 0.25) is 0 Å². The first-order valence-corrected chi connectivity index (χ1v) is 11.0. The Bertz CT molecular complexity index is 1590. The second-order valence-corrected chi connectivity index (χ2v) is 8.09. The van der Waals surface area contributed by atoms with Gasteiger partial charge in [-0.2, -0.15) is 0 Å². The number of rotatable bonds is 6. The van der Waals surface area contributed by atoms with Crippen LogP contribution in [0.3, 0.4) is 0 Å². The van der Waals surface area contributed by atoms with E-state index in [1.165, 1.54) is 9.47 Å². The molecule has 1 amide bonds. The number of nitrogens with two attached hydrogens (primary N) is 1. The number of nitrogens with zero attached hydrogens (tertiary/aromatic N) is 2. The van der Waals surface area contributed by atoms with Gasteiger partial charge in [0.05, 0.1) is 13.1 Å². The summed E-state index contributed by atoms with van der Waals surface area (Å²) in [6.07, 6.45) is 0. The molecule has 8 nitrogen and oxygen atoms in total. The van der Waals surface area contributed by atoms with Crippen LogP contribution in [0.1, 0.15) is 21.7 Å². The van der Waals surface area contributed by atoms with E-state index in [0.717, 1.165) is 16.5 Å². The topological polar surface area (TPSA) is 114 Å². The van der Waals surface area contributed by atoms with Gasteiger partial charge in [-0.1, -0.05) is 78.9 Å². The minimum absolute atomic E-state index is 0.0491. The normalized spacial score (nSPS) is 11.0. The van der Waals surface area contributed by atoms with E-state index >= 15 is 0 Å². The lowest BCUT2D eigenvalue weighted by atomic mass is 10.2. The molecule has 35 heavy (non-hydrogen) atoms. The summed E-state index contributed by atoms with van der Waals surface area (Å²) < 4.78 is 7.03. The number of aromatic nitrogens is 2. The lowest BCUT2D eigenvalue weighted by Gasteiger charge is -2.24. The first-order valence-electron chi connectivity index (χ1n) is 11.0. The highest BCUT2D eigenvalue weighted by atomic mass is 16.3. The fourth-order valence-electron chi connectivity index (χ4n) is 4.00. The minimum Gasteiger partial charge on any atom is -0.451 e.